The Kier molecular flexibility index (Phi) is 11.2. The Bertz CT molecular complexity index is 771. The number of carbonyl (C=O) groups excluding carboxylic acids is 1. The van der Waals surface area contributed by atoms with Gasteiger partial charge in [0.2, 0.25) is 12.8 Å². The number of pyridine rings is 1. The van der Waals surface area contributed by atoms with Crippen LogP contribution in [0.4, 0.5) is 8.78 Å². The highest BCUT2D eigenvalue weighted by Gasteiger charge is 2.35. The normalized spacial score (nSPS) is 20.8. The summed E-state index contributed by atoms with van der Waals surface area (Å²) >= 11 is 0. The fourth-order valence-corrected chi connectivity index (χ4v) is 4.22. The third kappa shape index (κ3) is 9.32. The quantitative estimate of drug-likeness (QED) is 0.357. The topological polar surface area (TPSA) is 33.2 Å². The van der Waals surface area contributed by atoms with Gasteiger partial charge in [-0.1, -0.05) is 42.8 Å². The zero-order valence-electron chi connectivity index (χ0n) is 19.5. The van der Waals surface area contributed by atoms with Crippen LogP contribution in [0, 0.1) is 6.92 Å². The number of alkyl halides is 2. The maximum atomic E-state index is 11.2. The molecule has 2 unspecified atom stereocenters. The molecule has 3 nitrogen and oxygen atoms in total. The molecular formula is C26H37F2N2OP. The summed E-state index contributed by atoms with van der Waals surface area (Å²) in [4.78, 5) is 17.7. The molecule has 0 N–H and O–H groups in total. The molecular weight excluding hydrogens is 425 g/mol. The summed E-state index contributed by atoms with van der Waals surface area (Å²) in [5.41, 5.74) is 4.51. The standard InChI is InChI=1S/C15H20N2O.C9H13P.C2H4F2/c18-11-17(14-8-9-14)13-6-4-12(5-7-13)15-3-1-2-10-16-15;1-7-3-5-9(6-4-7)8(2)10;1-2(3)4/h1-3,10-14H,4-9H2;3-6,8H,10H2,1-2H3;2H,1H3. The van der Waals surface area contributed by atoms with E-state index in [1.54, 1.807) is 0 Å². The van der Waals surface area contributed by atoms with Crippen molar-refractivity contribution in [2.24, 2.45) is 0 Å². The number of benzene rings is 1. The molecule has 6 heteroatoms. The van der Waals surface area contributed by atoms with Crippen molar-refractivity contribution in [3.05, 3.63) is 65.5 Å². The Morgan fingerprint density at radius 3 is 1.91 bits per heavy atom. The molecule has 32 heavy (non-hydrogen) atoms. The summed E-state index contributed by atoms with van der Waals surface area (Å²) in [6.07, 6.45) is 7.80. The van der Waals surface area contributed by atoms with Gasteiger partial charge in [-0.05, 0) is 75.7 Å². The van der Waals surface area contributed by atoms with Crippen molar-refractivity contribution in [1.29, 1.82) is 0 Å². The second-order valence-electron chi connectivity index (χ2n) is 8.76. The van der Waals surface area contributed by atoms with Crippen molar-refractivity contribution in [2.45, 2.75) is 89.4 Å². The van der Waals surface area contributed by atoms with Crippen LogP contribution in [-0.4, -0.2) is 34.8 Å². The number of nitrogens with zero attached hydrogens (tertiary/aromatic N) is 2. The number of hydrogen-bond donors (Lipinski definition) is 0. The van der Waals surface area contributed by atoms with Crippen LogP contribution >= 0.6 is 9.24 Å². The Morgan fingerprint density at radius 1 is 0.969 bits per heavy atom. The first kappa shape index (κ1) is 26.4. The van der Waals surface area contributed by atoms with E-state index in [-0.39, 0.29) is 0 Å². The van der Waals surface area contributed by atoms with E-state index in [1.807, 2.05) is 12.3 Å². The zero-order valence-corrected chi connectivity index (χ0v) is 20.6. The Hall–Kier alpha value is -1.87. The van der Waals surface area contributed by atoms with E-state index in [9.17, 15) is 13.6 Å². The van der Waals surface area contributed by atoms with E-state index < -0.39 is 6.43 Å². The molecule has 1 heterocycles. The molecule has 0 spiro atoms. The second-order valence-corrected chi connectivity index (χ2v) is 9.76. The Labute approximate surface area is 194 Å². The Balaban J connectivity index is 0.000000219. The van der Waals surface area contributed by atoms with Crippen LogP contribution in [0.15, 0.2) is 48.7 Å². The smallest absolute Gasteiger partial charge is 0.235 e. The largest absolute Gasteiger partial charge is 0.339 e. The van der Waals surface area contributed by atoms with Crippen molar-refractivity contribution in [3.63, 3.8) is 0 Å². The van der Waals surface area contributed by atoms with Gasteiger partial charge in [-0.15, -0.1) is 9.24 Å². The summed E-state index contributed by atoms with van der Waals surface area (Å²) in [6, 6.07) is 15.8. The number of aromatic nitrogens is 1. The van der Waals surface area contributed by atoms with Crippen molar-refractivity contribution in [3.8, 4) is 0 Å². The molecule has 2 saturated carbocycles. The zero-order chi connectivity index (χ0) is 23.5. The average Bonchev–Trinajstić information content (AvgIpc) is 3.61. The summed E-state index contributed by atoms with van der Waals surface area (Å²) in [7, 11) is 2.79. The molecule has 2 fully saturated rings. The monoisotopic (exact) mass is 462 g/mol. The summed E-state index contributed by atoms with van der Waals surface area (Å²) < 4.78 is 20.7. The molecule has 2 atom stereocenters. The van der Waals surface area contributed by atoms with Gasteiger partial charge in [0.25, 0.3) is 0 Å². The molecule has 2 aliphatic carbocycles. The molecule has 0 bridgehead atoms. The highest BCUT2D eigenvalue weighted by molar-refractivity contribution is 7.17. The van der Waals surface area contributed by atoms with Gasteiger partial charge in [-0.2, -0.15) is 0 Å². The van der Waals surface area contributed by atoms with Crippen molar-refractivity contribution >= 4 is 15.6 Å². The molecule has 1 amide bonds. The molecule has 0 aliphatic heterocycles. The maximum absolute atomic E-state index is 11.2. The van der Waals surface area contributed by atoms with Crippen LogP contribution in [0.25, 0.3) is 0 Å². The number of carbonyl (C=O) groups is 1. The number of amides is 1. The Morgan fingerprint density at radius 2 is 1.50 bits per heavy atom. The van der Waals surface area contributed by atoms with Crippen LogP contribution in [0.5, 0.6) is 0 Å². The van der Waals surface area contributed by atoms with Gasteiger partial charge >= 0.3 is 0 Å². The highest BCUT2D eigenvalue weighted by atomic mass is 31.0. The van der Waals surface area contributed by atoms with Gasteiger partial charge in [-0.3, -0.25) is 9.78 Å². The lowest BCUT2D eigenvalue weighted by Gasteiger charge is -2.34. The van der Waals surface area contributed by atoms with E-state index in [1.165, 1.54) is 42.5 Å². The van der Waals surface area contributed by atoms with Crippen molar-refractivity contribution in [1.82, 2.24) is 9.88 Å². The lowest BCUT2D eigenvalue weighted by molar-refractivity contribution is -0.121. The summed E-state index contributed by atoms with van der Waals surface area (Å²) in [6.45, 7) is 5.12. The van der Waals surface area contributed by atoms with E-state index in [2.05, 4.69) is 69.4 Å². The van der Waals surface area contributed by atoms with E-state index >= 15 is 0 Å². The van der Waals surface area contributed by atoms with Gasteiger partial charge in [0, 0.05) is 29.9 Å². The predicted octanol–water partition coefficient (Wildman–Crippen LogP) is 6.93. The molecule has 176 valence electrons. The second kappa shape index (κ2) is 13.6. The lowest BCUT2D eigenvalue weighted by Crippen LogP contribution is -2.38. The summed E-state index contributed by atoms with van der Waals surface area (Å²) in [5, 5.41) is 0. The number of halogens is 2. The van der Waals surface area contributed by atoms with E-state index in [4.69, 9.17) is 0 Å². The van der Waals surface area contributed by atoms with Gasteiger partial charge in [-0.25, -0.2) is 8.78 Å². The van der Waals surface area contributed by atoms with Crippen LogP contribution in [0.3, 0.4) is 0 Å². The number of hydrogen-bond acceptors (Lipinski definition) is 2. The molecule has 0 saturated heterocycles. The van der Waals surface area contributed by atoms with Crippen LogP contribution in [0.1, 0.15) is 80.8 Å². The van der Waals surface area contributed by atoms with Crippen molar-refractivity contribution in [2.75, 3.05) is 0 Å². The molecule has 1 aromatic heterocycles. The number of aryl methyl sites for hydroxylation is 1. The van der Waals surface area contributed by atoms with Crippen LogP contribution in [0.2, 0.25) is 0 Å². The first-order valence-electron chi connectivity index (χ1n) is 11.6. The number of rotatable bonds is 5. The van der Waals surface area contributed by atoms with Gasteiger partial charge in [0.1, 0.15) is 0 Å². The fraction of sp³-hybridized carbons (Fsp3) is 0.538. The van der Waals surface area contributed by atoms with Crippen molar-refractivity contribution < 1.29 is 13.6 Å². The average molecular weight is 463 g/mol. The minimum absolute atomic E-state index is 0.481. The molecule has 2 aromatic rings. The SMILES string of the molecule is CC(F)F.Cc1ccc(C(C)P)cc1.O=CN(C1CCC(c2ccccn2)CC1)C1CC1. The molecule has 4 rings (SSSR count). The first-order valence-corrected chi connectivity index (χ1v) is 12.2. The van der Waals surface area contributed by atoms with Crippen LogP contribution < -0.4 is 0 Å². The third-order valence-electron chi connectivity index (χ3n) is 5.92. The van der Waals surface area contributed by atoms with E-state index in [0.29, 0.717) is 23.7 Å². The predicted molar refractivity (Wildman–Crippen MR) is 131 cm³/mol. The molecule has 0 radical (unpaired) electrons. The van der Waals surface area contributed by atoms with Gasteiger partial charge in [0.05, 0.1) is 0 Å². The molecule has 2 aliphatic rings. The fourth-order valence-electron chi connectivity index (χ4n) is 4.00. The summed E-state index contributed by atoms with van der Waals surface area (Å²) in [5.74, 6) is 0.593. The van der Waals surface area contributed by atoms with Gasteiger partial charge in [0.15, 0.2) is 0 Å². The van der Waals surface area contributed by atoms with Crippen LogP contribution in [-0.2, 0) is 4.79 Å². The first-order chi connectivity index (χ1) is 15.3. The van der Waals surface area contributed by atoms with Gasteiger partial charge < -0.3 is 4.90 Å². The maximum Gasteiger partial charge on any atom is 0.235 e. The highest BCUT2D eigenvalue weighted by Crippen LogP contribution is 2.37. The third-order valence-corrected chi connectivity index (χ3v) is 6.30. The van der Waals surface area contributed by atoms with E-state index in [0.717, 1.165) is 26.2 Å². The lowest BCUT2D eigenvalue weighted by atomic mass is 9.83. The minimum Gasteiger partial charge on any atom is -0.339 e. The minimum atomic E-state index is -2.17. The molecule has 1 aromatic carbocycles.